The molecule has 0 aromatic rings. The number of nitrogens with two attached hydrogens (primary N) is 1. The van der Waals surface area contributed by atoms with Crippen molar-refractivity contribution in [1.82, 2.24) is 5.32 Å². The first-order valence-corrected chi connectivity index (χ1v) is 6.32. The summed E-state index contributed by atoms with van der Waals surface area (Å²) in [5.41, 5.74) is 5.99. The summed E-state index contributed by atoms with van der Waals surface area (Å²) in [6.45, 7) is 15.6. The fourth-order valence-electron chi connectivity index (χ4n) is 1.89. The van der Waals surface area contributed by atoms with Crippen LogP contribution in [0.1, 0.15) is 41.5 Å². The average molecular weight is 214 g/mol. The molecule has 0 spiro atoms. The summed E-state index contributed by atoms with van der Waals surface area (Å²) in [5.74, 6) is 2.80. The maximum Gasteiger partial charge on any atom is 0.0188 e. The molecule has 0 bridgehead atoms. The third-order valence-corrected chi connectivity index (χ3v) is 3.33. The van der Waals surface area contributed by atoms with Crippen LogP contribution in [0, 0.1) is 23.7 Å². The van der Waals surface area contributed by atoms with Gasteiger partial charge in [0.15, 0.2) is 0 Å². The third-order valence-electron chi connectivity index (χ3n) is 3.33. The monoisotopic (exact) mass is 214 g/mol. The predicted octanol–water partition coefficient (Wildman–Crippen LogP) is 2.49. The van der Waals surface area contributed by atoms with Gasteiger partial charge in [-0.1, -0.05) is 41.5 Å². The molecule has 0 radical (unpaired) electrons. The Hall–Kier alpha value is -0.0800. The zero-order chi connectivity index (χ0) is 12.0. The van der Waals surface area contributed by atoms with Crippen LogP contribution in [-0.2, 0) is 0 Å². The molecule has 0 saturated heterocycles. The highest BCUT2D eigenvalue weighted by Gasteiger charge is 2.17. The van der Waals surface area contributed by atoms with E-state index in [-0.39, 0.29) is 6.04 Å². The van der Waals surface area contributed by atoms with Crippen molar-refractivity contribution < 1.29 is 0 Å². The van der Waals surface area contributed by atoms with Crippen molar-refractivity contribution in [2.75, 3.05) is 13.1 Å². The molecule has 2 heteroatoms. The maximum atomic E-state index is 5.99. The van der Waals surface area contributed by atoms with Gasteiger partial charge in [-0.05, 0) is 30.2 Å². The molecule has 0 rings (SSSR count). The van der Waals surface area contributed by atoms with Crippen LogP contribution in [0.25, 0.3) is 0 Å². The van der Waals surface area contributed by atoms with E-state index in [0.717, 1.165) is 30.8 Å². The molecule has 0 aromatic carbocycles. The second-order valence-corrected chi connectivity index (χ2v) is 5.72. The van der Waals surface area contributed by atoms with Crippen LogP contribution < -0.4 is 11.1 Å². The van der Waals surface area contributed by atoms with Crippen molar-refractivity contribution in [3.8, 4) is 0 Å². The topological polar surface area (TPSA) is 38.0 Å². The first kappa shape index (κ1) is 14.9. The summed E-state index contributed by atoms with van der Waals surface area (Å²) in [6, 6.07) is 0.282. The fraction of sp³-hybridized carbons (Fsp3) is 1.00. The van der Waals surface area contributed by atoms with Gasteiger partial charge in [-0.25, -0.2) is 0 Å². The Morgan fingerprint density at radius 3 is 1.60 bits per heavy atom. The smallest absolute Gasteiger partial charge is 0.0188 e. The van der Waals surface area contributed by atoms with Gasteiger partial charge in [0.25, 0.3) is 0 Å². The molecule has 0 aromatic heterocycles. The zero-order valence-corrected chi connectivity index (χ0v) is 11.4. The van der Waals surface area contributed by atoms with Gasteiger partial charge in [0, 0.05) is 12.6 Å². The number of hydrogen-bond donors (Lipinski definition) is 2. The normalized spacial score (nSPS) is 14.6. The second kappa shape index (κ2) is 7.24. The van der Waals surface area contributed by atoms with Crippen LogP contribution in [0.3, 0.4) is 0 Å². The van der Waals surface area contributed by atoms with Gasteiger partial charge >= 0.3 is 0 Å². The van der Waals surface area contributed by atoms with E-state index < -0.39 is 0 Å². The highest BCUT2D eigenvalue weighted by Crippen LogP contribution is 2.19. The number of nitrogens with one attached hydrogen (secondary N) is 1. The predicted molar refractivity (Wildman–Crippen MR) is 68.8 cm³/mol. The molecule has 15 heavy (non-hydrogen) atoms. The summed E-state index contributed by atoms with van der Waals surface area (Å²) in [7, 11) is 0. The van der Waals surface area contributed by atoms with E-state index in [4.69, 9.17) is 5.73 Å². The molecule has 1 unspecified atom stereocenters. The van der Waals surface area contributed by atoms with E-state index >= 15 is 0 Å². The van der Waals surface area contributed by atoms with Gasteiger partial charge in [0.1, 0.15) is 0 Å². The Bertz CT molecular complexity index is 145. The number of rotatable bonds is 7. The van der Waals surface area contributed by atoms with Gasteiger partial charge in [-0.3, -0.25) is 0 Å². The van der Waals surface area contributed by atoms with Crippen LogP contribution in [0.4, 0.5) is 0 Å². The lowest BCUT2D eigenvalue weighted by Gasteiger charge is -2.26. The van der Waals surface area contributed by atoms with Gasteiger partial charge in [0.2, 0.25) is 0 Å². The Morgan fingerprint density at radius 2 is 1.27 bits per heavy atom. The first-order valence-electron chi connectivity index (χ1n) is 6.32. The van der Waals surface area contributed by atoms with Crippen molar-refractivity contribution >= 4 is 0 Å². The van der Waals surface area contributed by atoms with Crippen molar-refractivity contribution in [1.29, 1.82) is 0 Å². The van der Waals surface area contributed by atoms with Gasteiger partial charge < -0.3 is 11.1 Å². The van der Waals surface area contributed by atoms with Crippen molar-refractivity contribution in [2.45, 2.75) is 47.6 Å². The fourth-order valence-corrected chi connectivity index (χ4v) is 1.89. The SMILES string of the molecule is CC(C)C(N)CNCC(C(C)C)C(C)C. The minimum Gasteiger partial charge on any atom is -0.326 e. The lowest BCUT2D eigenvalue weighted by molar-refractivity contribution is 0.271. The Morgan fingerprint density at radius 1 is 0.800 bits per heavy atom. The van der Waals surface area contributed by atoms with E-state index in [1.807, 2.05) is 0 Å². The lowest BCUT2D eigenvalue weighted by Crippen LogP contribution is -2.41. The highest BCUT2D eigenvalue weighted by molar-refractivity contribution is 4.73. The van der Waals surface area contributed by atoms with E-state index in [1.54, 1.807) is 0 Å². The second-order valence-electron chi connectivity index (χ2n) is 5.72. The first-order chi connectivity index (χ1) is 6.86. The minimum atomic E-state index is 0.282. The molecule has 92 valence electrons. The largest absolute Gasteiger partial charge is 0.326 e. The summed E-state index contributed by atoms with van der Waals surface area (Å²) < 4.78 is 0. The molecular weight excluding hydrogens is 184 g/mol. The van der Waals surface area contributed by atoms with Gasteiger partial charge in [-0.2, -0.15) is 0 Å². The van der Waals surface area contributed by atoms with Crippen LogP contribution >= 0.6 is 0 Å². The van der Waals surface area contributed by atoms with Gasteiger partial charge in [-0.15, -0.1) is 0 Å². The van der Waals surface area contributed by atoms with E-state index in [1.165, 1.54) is 0 Å². The molecule has 0 aliphatic heterocycles. The molecular formula is C13H30N2. The lowest BCUT2D eigenvalue weighted by atomic mass is 9.85. The molecule has 0 fully saturated rings. The quantitative estimate of drug-likeness (QED) is 0.683. The van der Waals surface area contributed by atoms with Crippen LogP contribution in [0.15, 0.2) is 0 Å². The Balaban J connectivity index is 3.81. The molecule has 0 amide bonds. The van der Waals surface area contributed by atoms with E-state index in [9.17, 15) is 0 Å². The van der Waals surface area contributed by atoms with E-state index in [2.05, 4.69) is 46.9 Å². The van der Waals surface area contributed by atoms with Crippen molar-refractivity contribution in [3.63, 3.8) is 0 Å². The Kier molecular flexibility index (Phi) is 7.20. The van der Waals surface area contributed by atoms with Gasteiger partial charge in [0.05, 0.1) is 0 Å². The highest BCUT2D eigenvalue weighted by atomic mass is 14.9. The van der Waals surface area contributed by atoms with E-state index in [0.29, 0.717) is 5.92 Å². The molecule has 1 atom stereocenters. The van der Waals surface area contributed by atoms with Crippen LogP contribution in [0.5, 0.6) is 0 Å². The molecule has 0 saturated carbocycles. The summed E-state index contributed by atoms with van der Waals surface area (Å²) >= 11 is 0. The molecule has 0 aliphatic carbocycles. The molecule has 0 heterocycles. The molecule has 0 aliphatic rings. The standard InChI is InChI=1S/C13H30N2/c1-9(2)12(10(3)4)7-15-8-13(14)11(5)6/h9-13,15H,7-8,14H2,1-6H3. The summed E-state index contributed by atoms with van der Waals surface area (Å²) in [5, 5.41) is 3.50. The summed E-state index contributed by atoms with van der Waals surface area (Å²) in [4.78, 5) is 0. The van der Waals surface area contributed by atoms with Crippen LogP contribution in [0.2, 0.25) is 0 Å². The Labute approximate surface area is 96.0 Å². The molecule has 2 nitrogen and oxygen atoms in total. The average Bonchev–Trinajstić information content (AvgIpc) is 2.10. The number of hydrogen-bond acceptors (Lipinski definition) is 2. The van der Waals surface area contributed by atoms with Crippen molar-refractivity contribution in [3.05, 3.63) is 0 Å². The maximum absolute atomic E-state index is 5.99. The third kappa shape index (κ3) is 6.16. The van der Waals surface area contributed by atoms with Crippen molar-refractivity contribution in [2.24, 2.45) is 29.4 Å². The zero-order valence-electron chi connectivity index (χ0n) is 11.4. The van der Waals surface area contributed by atoms with Crippen LogP contribution in [-0.4, -0.2) is 19.1 Å². The summed E-state index contributed by atoms with van der Waals surface area (Å²) in [6.07, 6.45) is 0. The molecule has 3 N–H and O–H groups in total. The minimum absolute atomic E-state index is 0.282.